The number of halogens is 1. The van der Waals surface area contributed by atoms with Crippen LogP contribution in [0.4, 0.5) is 5.13 Å². The summed E-state index contributed by atoms with van der Waals surface area (Å²) in [7, 11) is 1.32. The first kappa shape index (κ1) is 13.8. The van der Waals surface area contributed by atoms with Crippen molar-refractivity contribution in [3.05, 3.63) is 45.4 Å². The summed E-state index contributed by atoms with van der Waals surface area (Å²) in [6, 6.07) is 8.07. The number of nitrogens with one attached hydrogen (secondary N) is 1. The Morgan fingerprint density at radius 3 is 2.89 bits per heavy atom. The molecule has 0 spiro atoms. The lowest BCUT2D eigenvalue weighted by atomic mass is 10.1. The number of thiazole rings is 1. The highest BCUT2D eigenvalue weighted by atomic mass is 35.5. The van der Waals surface area contributed by atoms with Gasteiger partial charge in [0, 0.05) is 6.54 Å². The molecule has 19 heavy (non-hydrogen) atoms. The molecule has 0 aliphatic rings. The first-order chi connectivity index (χ1) is 9.11. The Bertz CT molecular complexity index is 598. The summed E-state index contributed by atoms with van der Waals surface area (Å²) in [5.74, 6) is -0.466. The predicted octanol–water partition coefficient (Wildman–Crippen LogP) is 3.50. The van der Waals surface area contributed by atoms with Crippen molar-refractivity contribution in [2.45, 2.75) is 13.5 Å². The smallest absolute Gasteiger partial charge is 0.351 e. The van der Waals surface area contributed by atoms with Crippen molar-refractivity contribution in [2.75, 3.05) is 12.4 Å². The van der Waals surface area contributed by atoms with Gasteiger partial charge in [-0.1, -0.05) is 47.2 Å². The van der Waals surface area contributed by atoms with Crippen LogP contribution in [0.2, 0.25) is 5.15 Å². The fourth-order valence-electron chi connectivity index (χ4n) is 1.57. The molecule has 6 heteroatoms. The van der Waals surface area contributed by atoms with E-state index in [1.54, 1.807) is 0 Å². The molecule has 4 nitrogen and oxygen atoms in total. The highest BCUT2D eigenvalue weighted by Crippen LogP contribution is 2.27. The van der Waals surface area contributed by atoms with Crippen molar-refractivity contribution in [1.29, 1.82) is 0 Å². The highest BCUT2D eigenvalue weighted by molar-refractivity contribution is 7.18. The molecule has 2 rings (SSSR count). The molecule has 0 radical (unpaired) electrons. The highest BCUT2D eigenvalue weighted by Gasteiger charge is 2.17. The van der Waals surface area contributed by atoms with E-state index in [0.29, 0.717) is 16.6 Å². The zero-order valence-electron chi connectivity index (χ0n) is 10.6. The standard InChI is InChI=1S/C13H13ClN2O2S/c1-8-5-3-4-6-9(8)7-15-13-16-11(14)10(19-13)12(17)18-2/h3-6H,7H2,1-2H3,(H,15,16). The minimum Gasteiger partial charge on any atom is -0.465 e. The lowest BCUT2D eigenvalue weighted by Crippen LogP contribution is -2.00. The number of ether oxygens (including phenoxy) is 1. The number of methoxy groups -OCH3 is 1. The molecule has 0 aliphatic heterocycles. The van der Waals surface area contributed by atoms with Gasteiger partial charge in [-0.3, -0.25) is 0 Å². The third-order valence-corrected chi connectivity index (χ3v) is 4.03. The minimum absolute atomic E-state index is 0.170. The first-order valence-electron chi connectivity index (χ1n) is 5.65. The van der Waals surface area contributed by atoms with Crippen LogP contribution in [0.3, 0.4) is 0 Å². The van der Waals surface area contributed by atoms with Gasteiger partial charge in [-0.05, 0) is 18.1 Å². The number of nitrogens with zero attached hydrogens (tertiary/aromatic N) is 1. The third-order valence-electron chi connectivity index (χ3n) is 2.65. The molecular weight excluding hydrogens is 284 g/mol. The summed E-state index contributed by atoms with van der Waals surface area (Å²) in [4.78, 5) is 15.8. The number of anilines is 1. The van der Waals surface area contributed by atoms with E-state index in [9.17, 15) is 4.79 Å². The molecule has 0 unspecified atom stereocenters. The molecule has 1 N–H and O–H groups in total. The second kappa shape index (κ2) is 6.04. The Kier molecular flexibility index (Phi) is 4.39. The average Bonchev–Trinajstić information content (AvgIpc) is 2.78. The number of rotatable bonds is 4. The number of carbonyl (C=O) groups is 1. The van der Waals surface area contributed by atoms with E-state index in [1.807, 2.05) is 31.2 Å². The van der Waals surface area contributed by atoms with Crippen molar-refractivity contribution in [2.24, 2.45) is 0 Å². The number of aryl methyl sites for hydroxylation is 1. The van der Waals surface area contributed by atoms with Gasteiger partial charge in [-0.25, -0.2) is 9.78 Å². The summed E-state index contributed by atoms with van der Waals surface area (Å²) in [6.45, 7) is 2.68. The quantitative estimate of drug-likeness (QED) is 0.877. The van der Waals surface area contributed by atoms with Gasteiger partial charge >= 0.3 is 5.97 Å². The number of benzene rings is 1. The Morgan fingerprint density at radius 2 is 2.21 bits per heavy atom. The van der Waals surface area contributed by atoms with E-state index in [-0.39, 0.29) is 5.15 Å². The fourth-order valence-corrected chi connectivity index (χ4v) is 2.67. The molecule has 1 heterocycles. The molecule has 0 saturated heterocycles. The van der Waals surface area contributed by atoms with E-state index in [4.69, 9.17) is 11.6 Å². The summed E-state index contributed by atoms with van der Waals surface area (Å²) >= 11 is 7.08. The molecule has 100 valence electrons. The Hall–Kier alpha value is -1.59. The Morgan fingerprint density at radius 1 is 1.47 bits per heavy atom. The molecule has 0 saturated carbocycles. The Balaban J connectivity index is 2.09. The van der Waals surface area contributed by atoms with Gasteiger partial charge < -0.3 is 10.1 Å². The Labute approximate surface area is 120 Å². The molecule has 0 bridgehead atoms. The molecule has 0 aliphatic carbocycles. The molecule has 0 fully saturated rings. The van der Waals surface area contributed by atoms with Crippen LogP contribution in [0.15, 0.2) is 24.3 Å². The van der Waals surface area contributed by atoms with Crippen molar-refractivity contribution in [3.63, 3.8) is 0 Å². The number of hydrogen-bond donors (Lipinski definition) is 1. The van der Waals surface area contributed by atoms with E-state index >= 15 is 0 Å². The average molecular weight is 297 g/mol. The normalized spacial score (nSPS) is 10.3. The van der Waals surface area contributed by atoms with E-state index in [0.717, 1.165) is 0 Å². The predicted molar refractivity (Wildman–Crippen MR) is 77.0 cm³/mol. The van der Waals surface area contributed by atoms with Crippen LogP contribution in [-0.4, -0.2) is 18.1 Å². The second-order valence-corrected chi connectivity index (χ2v) is 5.27. The van der Waals surface area contributed by atoms with Gasteiger partial charge in [-0.2, -0.15) is 0 Å². The van der Waals surface area contributed by atoms with Gasteiger partial charge in [0.05, 0.1) is 7.11 Å². The number of carbonyl (C=O) groups excluding carboxylic acids is 1. The van der Waals surface area contributed by atoms with Crippen LogP contribution in [0.1, 0.15) is 20.8 Å². The number of aromatic nitrogens is 1. The summed E-state index contributed by atoms with van der Waals surface area (Å²) < 4.78 is 4.63. The molecule has 0 atom stereocenters. The van der Waals surface area contributed by atoms with Gasteiger partial charge in [0.1, 0.15) is 0 Å². The number of hydrogen-bond acceptors (Lipinski definition) is 5. The summed E-state index contributed by atoms with van der Waals surface area (Å²) in [5, 5.41) is 3.93. The lowest BCUT2D eigenvalue weighted by Gasteiger charge is -2.05. The largest absolute Gasteiger partial charge is 0.465 e. The fraction of sp³-hybridized carbons (Fsp3) is 0.231. The first-order valence-corrected chi connectivity index (χ1v) is 6.84. The monoisotopic (exact) mass is 296 g/mol. The minimum atomic E-state index is -0.466. The van der Waals surface area contributed by atoms with Crippen molar-refractivity contribution >= 4 is 34.0 Å². The van der Waals surface area contributed by atoms with E-state index in [2.05, 4.69) is 15.0 Å². The molecule has 1 aromatic heterocycles. The maximum Gasteiger partial charge on any atom is 0.351 e. The van der Waals surface area contributed by atoms with Crippen LogP contribution in [0.25, 0.3) is 0 Å². The summed E-state index contributed by atoms with van der Waals surface area (Å²) in [6.07, 6.45) is 0. The van der Waals surface area contributed by atoms with Crippen molar-refractivity contribution in [1.82, 2.24) is 4.98 Å². The second-order valence-electron chi connectivity index (χ2n) is 3.91. The van der Waals surface area contributed by atoms with E-state index < -0.39 is 5.97 Å². The number of esters is 1. The third kappa shape index (κ3) is 3.24. The van der Waals surface area contributed by atoms with Gasteiger partial charge in [0.2, 0.25) is 0 Å². The van der Waals surface area contributed by atoms with Crippen molar-refractivity contribution in [3.8, 4) is 0 Å². The molecule has 1 aromatic carbocycles. The van der Waals surface area contributed by atoms with Crippen LogP contribution < -0.4 is 5.32 Å². The van der Waals surface area contributed by atoms with Gasteiger partial charge in [0.15, 0.2) is 15.2 Å². The van der Waals surface area contributed by atoms with Crippen LogP contribution >= 0.6 is 22.9 Å². The molecule has 2 aromatic rings. The lowest BCUT2D eigenvalue weighted by molar-refractivity contribution is 0.0606. The summed E-state index contributed by atoms with van der Waals surface area (Å²) in [5.41, 5.74) is 2.37. The molecular formula is C13H13ClN2O2S. The van der Waals surface area contributed by atoms with Crippen LogP contribution in [0, 0.1) is 6.92 Å². The topological polar surface area (TPSA) is 51.2 Å². The van der Waals surface area contributed by atoms with E-state index in [1.165, 1.54) is 29.6 Å². The SMILES string of the molecule is COC(=O)c1sc(NCc2ccccc2C)nc1Cl. The van der Waals surface area contributed by atoms with Crippen LogP contribution in [-0.2, 0) is 11.3 Å². The van der Waals surface area contributed by atoms with Crippen molar-refractivity contribution < 1.29 is 9.53 Å². The maximum absolute atomic E-state index is 11.4. The zero-order chi connectivity index (χ0) is 13.8. The van der Waals surface area contributed by atoms with Gasteiger partial charge in [-0.15, -0.1) is 0 Å². The van der Waals surface area contributed by atoms with Crippen LogP contribution in [0.5, 0.6) is 0 Å². The molecule has 0 amide bonds. The zero-order valence-corrected chi connectivity index (χ0v) is 12.1. The van der Waals surface area contributed by atoms with Gasteiger partial charge in [0.25, 0.3) is 0 Å². The maximum atomic E-state index is 11.4.